The van der Waals surface area contributed by atoms with Crippen LogP contribution in [0.2, 0.25) is 5.02 Å². The minimum Gasteiger partial charge on any atom is -0.271 e. The van der Waals surface area contributed by atoms with Gasteiger partial charge in [-0.25, -0.2) is 13.2 Å². The molecule has 2 aromatic rings. The summed E-state index contributed by atoms with van der Waals surface area (Å²) in [5.74, 6) is 3.12. The molecule has 21 heavy (non-hydrogen) atoms. The Morgan fingerprint density at radius 3 is 2.48 bits per heavy atom. The van der Waals surface area contributed by atoms with Crippen LogP contribution in [0.5, 0.6) is 0 Å². The van der Waals surface area contributed by atoms with E-state index >= 15 is 0 Å². The van der Waals surface area contributed by atoms with Crippen molar-refractivity contribution in [2.24, 2.45) is 5.84 Å². The number of benzene rings is 2. The molecular weight excluding hydrogens is 301 g/mol. The summed E-state index contributed by atoms with van der Waals surface area (Å²) in [6.45, 7) is 0. The molecule has 0 aliphatic carbocycles. The van der Waals surface area contributed by atoms with Crippen LogP contribution in [0, 0.1) is 17.5 Å². The predicted octanol–water partition coefficient (Wildman–Crippen LogP) is 3.37. The lowest BCUT2D eigenvalue weighted by molar-refractivity contribution is 0.473. The van der Waals surface area contributed by atoms with Gasteiger partial charge in [-0.05, 0) is 42.2 Å². The summed E-state index contributed by atoms with van der Waals surface area (Å²) in [4.78, 5) is 0. The van der Waals surface area contributed by atoms with E-state index in [0.29, 0.717) is 12.0 Å². The number of hydrazine groups is 1. The van der Waals surface area contributed by atoms with Crippen molar-refractivity contribution >= 4 is 11.6 Å². The average Bonchev–Trinajstić information content (AvgIpc) is 2.47. The Kier molecular flexibility index (Phi) is 5.22. The Bertz CT molecular complexity index is 634. The summed E-state index contributed by atoms with van der Waals surface area (Å²) >= 11 is 5.61. The zero-order valence-corrected chi connectivity index (χ0v) is 11.8. The van der Waals surface area contributed by atoms with Crippen molar-refractivity contribution in [1.82, 2.24) is 5.43 Å². The van der Waals surface area contributed by atoms with Gasteiger partial charge in [0, 0.05) is 6.04 Å². The highest BCUT2D eigenvalue weighted by atomic mass is 35.5. The van der Waals surface area contributed by atoms with Crippen LogP contribution in [-0.4, -0.2) is 6.04 Å². The monoisotopic (exact) mass is 314 g/mol. The van der Waals surface area contributed by atoms with E-state index in [1.807, 2.05) is 0 Å². The highest BCUT2D eigenvalue weighted by molar-refractivity contribution is 6.30. The Labute approximate surface area is 125 Å². The minimum absolute atomic E-state index is 0.0344. The van der Waals surface area contributed by atoms with E-state index in [2.05, 4.69) is 5.43 Å². The van der Waals surface area contributed by atoms with Crippen LogP contribution in [0.1, 0.15) is 11.1 Å². The van der Waals surface area contributed by atoms with Crippen molar-refractivity contribution in [3.05, 3.63) is 70.0 Å². The fraction of sp³-hybridized carbons (Fsp3) is 0.200. The van der Waals surface area contributed by atoms with Crippen molar-refractivity contribution in [3.63, 3.8) is 0 Å². The van der Waals surface area contributed by atoms with Crippen LogP contribution in [-0.2, 0) is 12.8 Å². The van der Waals surface area contributed by atoms with Crippen LogP contribution in [0.3, 0.4) is 0 Å². The van der Waals surface area contributed by atoms with E-state index in [0.717, 1.165) is 6.07 Å². The van der Waals surface area contributed by atoms with E-state index in [1.54, 1.807) is 6.07 Å². The SMILES string of the molecule is NNC(Cc1ccc(Cl)c(F)c1)Cc1cccc(F)c1F. The van der Waals surface area contributed by atoms with Crippen LogP contribution in [0.25, 0.3) is 0 Å². The molecule has 2 nitrogen and oxygen atoms in total. The molecule has 0 aromatic heterocycles. The van der Waals surface area contributed by atoms with Crippen molar-refractivity contribution in [1.29, 1.82) is 0 Å². The quantitative estimate of drug-likeness (QED) is 0.656. The Balaban J connectivity index is 2.13. The van der Waals surface area contributed by atoms with Gasteiger partial charge in [0.1, 0.15) is 5.82 Å². The molecule has 0 radical (unpaired) electrons. The molecule has 0 bridgehead atoms. The molecule has 0 saturated heterocycles. The van der Waals surface area contributed by atoms with Gasteiger partial charge >= 0.3 is 0 Å². The summed E-state index contributed by atoms with van der Waals surface area (Å²) in [5.41, 5.74) is 3.41. The van der Waals surface area contributed by atoms with Gasteiger partial charge in [0.05, 0.1) is 5.02 Å². The lowest BCUT2D eigenvalue weighted by Gasteiger charge is -2.17. The van der Waals surface area contributed by atoms with Gasteiger partial charge in [-0.1, -0.05) is 29.8 Å². The maximum absolute atomic E-state index is 13.6. The minimum atomic E-state index is -0.902. The molecule has 0 heterocycles. The third-order valence-corrected chi connectivity index (χ3v) is 3.51. The van der Waals surface area contributed by atoms with Crippen LogP contribution in [0.4, 0.5) is 13.2 Å². The Hall–Kier alpha value is -1.56. The zero-order valence-electron chi connectivity index (χ0n) is 11.0. The first-order valence-corrected chi connectivity index (χ1v) is 6.72. The molecule has 1 unspecified atom stereocenters. The molecule has 1 atom stereocenters. The summed E-state index contributed by atoms with van der Waals surface area (Å²) in [5, 5.41) is 0.0344. The molecule has 0 fully saturated rings. The third kappa shape index (κ3) is 3.97. The van der Waals surface area contributed by atoms with Gasteiger partial charge in [0.25, 0.3) is 0 Å². The van der Waals surface area contributed by atoms with E-state index < -0.39 is 17.5 Å². The zero-order chi connectivity index (χ0) is 15.4. The fourth-order valence-electron chi connectivity index (χ4n) is 2.11. The van der Waals surface area contributed by atoms with Gasteiger partial charge in [0.15, 0.2) is 11.6 Å². The number of nitrogens with one attached hydrogen (secondary N) is 1. The number of hydrogen-bond acceptors (Lipinski definition) is 2. The standard InChI is InChI=1S/C15H14ClF3N2/c16-12-5-4-9(7-14(12)18)6-11(21-20)8-10-2-1-3-13(17)15(10)19/h1-5,7,11,21H,6,8,20H2. The number of nitrogens with two attached hydrogens (primary N) is 1. The molecular formula is C15H14ClF3N2. The second-order valence-electron chi connectivity index (χ2n) is 4.73. The van der Waals surface area contributed by atoms with E-state index in [4.69, 9.17) is 17.4 Å². The molecule has 112 valence electrons. The van der Waals surface area contributed by atoms with E-state index in [9.17, 15) is 13.2 Å². The first-order valence-electron chi connectivity index (χ1n) is 6.34. The molecule has 0 saturated carbocycles. The maximum Gasteiger partial charge on any atom is 0.162 e. The lowest BCUT2D eigenvalue weighted by atomic mass is 9.99. The second-order valence-corrected chi connectivity index (χ2v) is 5.14. The predicted molar refractivity (Wildman–Crippen MR) is 76.3 cm³/mol. The molecule has 0 aliphatic rings. The average molecular weight is 315 g/mol. The normalized spacial score (nSPS) is 12.4. The highest BCUT2D eigenvalue weighted by Gasteiger charge is 2.15. The summed E-state index contributed by atoms with van der Waals surface area (Å²) in [6.07, 6.45) is 0.547. The first kappa shape index (κ1) is 15.8. The molecule has 0 spiro atoms. The molecule has 2 aromatic carbocycles. The van der Waals surface area contributed by atoms with E-state index in [-0.39, 0.29) is 23.0 Å². The number of hydrogen-bond donors (Lipinski definition) is 2. The van der Waals surface area contributed by atoms with Crippen LogP contribution < -0.4 is 11.3 Å². The Morgan fingerprint density at radius 2 is 1.81 bits per heavy atom. The molecule has 6 heteroatoms. The molecule has 2 rings (SSSR count). The number of halogens is 4. The van der Waals surface area contributed by atoms with Gasteiger partial charge in [-0.3, -0.25) is 11.3 Å². The summed E-state index contributed by atoms with van der Waals surface area (Å²) in [6, 6.07) is 8.03. The van der Waals surface area contributed by atoms with Crippen molar-refractivity contribution < 1.29 is 13.2 Å². The molecule has 0 amide bonds. The third-order valence-electron chi connectivity index (χ3n) is 3.20. The second kappa shape index (κ2) is 6.93. The van der Waals surface area contributed by atoms with Gasteiger partial charge in [-0.2, -0.15) is 0 Å². The maximum atomic E-state index is 13.6. The van der Waals surface area contributed by atoms with Crippen LogP contribution in [0.15, 0.2) is 36.4 Å². The first-order chi connectivity index (χ1) is 10.0. The van der Waals surface area contributed by atoms with Gasteiger partial charge in [0.2, 0.25) is 0 Å². The molecule has 3 N–H and O–H groups in total. The highest BCUT2D eigenvalue weighted by Crippen LogP contribution is 2.18. The van der Waals surface area contributed by atoms with Crippen molar-refractivity contribution in [2.75, 3.05) is 0 Å². The molecule has 0 aliphatic heterocycles. The van der Waals surface area contributed by atoms with Gasteiger partial charge < -0.3 is 0 Å². The van der Waals surface area contributed by atoms with Crippen molar-refractivity contribution in [2.45, 2.75) is 18.9 Å². The number of rotatable bonds is 5. The van der Waals surface area contributed by atoms with Crippen molar-refractivity contribution in [3.8, 4) is 0 Å². The topological polar surface area (TPSA) is 38.0 Å². The van der Waals surface area contributed by atoms with E-state index in [1.165, 1.54) is 24.3 Å². The van der Waals surface area contributed by atoms with Crippen LogP contribution >= 0.6 is 11.6 Å². The fourth-order valence-corrected chi connectivity index (χ4v) is 2.23. The Morgan fingerprint density at radius 1 is 1.05 bits per heavy atom. The summed E-state index contributed by atoms with van der Waals surface area (Å²) < 4.78 is 40.2. The lowest BCUT2D eigenvalue weighted by Crippen LogP contribution is -2.38. The smallest absolute Gasteiger partial charge is 0.162 e. The van der Waals surface area contributed by atoms with Gasteiger partial charge in [-0.15, -0.1) is 0 Å². The largest absolute Gasteiger partial charge is 0.271 e. The summed E-state index contributed by atoms with van der Waals surface area (Å²) in [7, 11) is 0.